The molecule has 9 heteroatoms. The van der Waals surface area contributed by atoms with Gasteiger partial charge in [-0.2, -0.15) is 4.98 Å². The summed E-state index contributed by atoms with van der Waals surface area (Å²) in [5.74, 6) is -1.27. The maximum absolute atomic E-state index is 14.0. The van der Waals surface area contributed by atoms with Gasteiger partial charge in [-0.3, -0.25) is 0 Å². The van der Waals surface area contributed by atoms with Crippen LogP contribution in [0.25, 0.3) is 11.4 Å². The molecule has 6 nitrogen and oxygen atoms in total. The summed E-state index contributed by atoms with van der Waals surface area (Å²) < 4.78 is 32.3. The van der Waals surface area contributed by atoms with Crippen molar-refractivity contribution >= 4 is 23.3 Å². The summed E-state index contributed by atoms with van der Waals surface area (Å²) in [6, 6.07) is 9.26. The molecule has 1 aliphatic rings. The van der Waals surface area contributed by atoms with Gasteiger partial charge in [0.25, 0.3) is 0 Å². The van der Waals surface area contributed by atoms with Gasteiger partial charge >= 0.3 is 6.03 Å². The Balaban J connectivity index is 1.55. The van der Waals surface area contributed by atoms with Crippen LogP contribution in [-0.4, -0.2) is 27.6 Å². The first-order chi connectivity index (χ1) is 13.5. The molecule has 28 heavy (non-hydrogen) atoms. The Bertz CT molecular complexity index is 1030. The number of para-hydroxylation sites is 1. The minimum absolute atomic E-state index is 0.00543. The van der Waals surface area contributed by atoms with Crippen molar-refractivity contribution in [3.8, 4) is 11.4 Å². The van der Waals surface area contributed by atoms with Gasteiger partial charge in [0.2, 0.25) is 11.7 Å². The van der Waals surface area contributed by atoms with Crippen LogP contribution in [0.15, 0.2) is 47.0 Å². The smallest absolute Gasteiger partial charge is 0.322 e. The molecular formula is C19H15ClF2N4O2. The summed E-state index contributed by atoms with van der Waals surface area (Å²) in [5.41, 5.74) is 0.529. The number of halogens is 3. The number of benzene rings is 2. The summed E-state index contributed by atoms with van der Waals surface area (Å²) >= 11 is 6.09. The minimum Gasteiger partial charge on any atom is -0.337 e. The SMILES string of the molecule is O=C(Nc1ccccc1Cl)N1CCCC1c1nc(-c2ccc(F)cc2F)no1. The van der Waals surface area contributed by atoms with E-state index in [-0.39, 0.29) is 23.3 Å². The maximum Gasteiger partial charge on any atom is 0.322 e. The first kappa shape index (κ1) is 18.4. The van der Waals surface area contributed by atoms with E-state index in [1.165, 1.54) is 6.07 Å². The third kappa shape index (κ3) is 3.55. The Morgan fingerprint density at radius 3 is 2.86 bits per heavy atom. The summed E-state index contributed by atoms with van der Waals surface area (Å²) in [7, 11) is 0. The highest BCUT2D eigenvalue weighted by Gasteiger charge is 2.34. The standard InChI is InChI=1S/C19H15ClF2N4O2/c20-13-4-1-2-5-15(13)23-19(27)26-9-3-6-16(26)18-24-17(25-28-18)12-8-7-11(21)10-14(12)22/h1-2,4-5,7-8,10,16H,3,6,9H2,(H,23,27). The van der Waals surface area contributed by atoms with Crippen molar-refractivity contribution in [2.24, 2.45) is 0 Å². The molecular weight excluding hydrogens is 390 g/mol. The number of urea groups is 1. The summed E-state index contributed by atoms with van der Waals surface area (Å²) in [4.78, 5) is 18.5. The zero-order valence-corrected chi connectivity index (χ0v) is 15.3. The van der Waals surface area contributed by atoms with E-state index in [9.17, 15) is 13.6 Å². The van der Waals surface area contributed by atoms with Crippen LogP contribution >= 0.6 is 11.6 Å². The summed E-state index contributed by atoms with van der Waals surface area (Å²) in [6.07, 6.45) is 1.38. The number of rotatable bonds is 3. The van der Waals surface area contributed by atoms with E-state index >= 15 is 0 Å². The van der Waals surface area contributed by atoms with Crippen LogP contribution in [-0.2, 0) is 0 Å². The van der Waals surface area contributed by atoms with Gasteiger partial charge in [-0.05, 0) is 37.1 Å². The van der Waals surface area contributed by atoms with Crippen LogP contribution in [0.5, 0.6) is 0 Å². The monoisotopic (exact) mass is 404 g/mol. The number of likely N-dealkylation sites (tertiary alicyclic amines) is 1. The van der Waals surface area contributed by atoms with E-state index in [4.69, 9.17) is 16.1 Å². The van der Waals surface area contributed by atoms with Gasteiger partial charge in [-0.1, -0.05) is 28.9 Å². The zero-order valence-electron chi connectivity index (χ0n) is 14.5. The molecule has 0 bridgehead atoms. The number of hydrogen-bond acceptors (Lipinski definition) is 4. The Morgan fingerprint density at radius 2 is 2.07 bits per heavy atom. The van der Waals surface area contributed by atoms with Crippen molar-refractivity contribution in [2.75, 3.05) is 11.9 Å². The van der Waals surface area contributed by atoms with Crippen LogP contribution < -0.4 is 5.32 Å². The normalized spacial score (nSPS) is 16.4. The molecule has 144 valence electrons. The van der Waals surface area contributed by atoms with Crippen LogP contribution in [0.1, 0.15) is 24.8 Å². The zero-order chi connectivity index (χ0) is 19.7. The highest BCUT2D eigenvalue weighted by atomic mass is 35.5. The van der Waals surface area contributed by atoms with E-state index in [1.807, 2.05) is 0 Å². The highest BCUT2D eigenvalue weighted by Crippen LogP contribution is 2.33. The number of hydrogen-bond donors (Lipinski definition) is 1. The average molecular weight is 405 g/mol. The number of amides is 2. The Hall–Kier alpha value is -3.00. The Morgan fingerprint density at radius 1 is 1.25 bits per heavy atom. The summed E-state index contributed by atoms with van der Waals surface area (Å²) in [5, 5.41) is 6.98. The van der Waals surface area contributed by atoms with Gasteiger partial charge in [-0.15, -0.1) is 0 Å². The molecule has 1 aromatic heterocycles. The largest absolute Gasteiger partial charge is 0.337 e. The molecule has 1 aliphatic heterocycles. The second-order valence-electron chi connectivity index (χ2n) is 6.34. The van der Waals surface area contributed by atoms with Crippen molar-refractivity contribution in [1.82, 2.24) is 15.0 Å². The van der Waals surface area contributed by atoms with Crippen molar-refractivity contribution in [3.05, 3.63) is 65.0 Å². The van der Waals surface area contributed by atoms with Crippen molar-refractivity contribution < 1.29 is 18.1 Å². The molecule has 1 atom stereocenters. The van der Waals surface area contributed by atoms with Crippen LogP contribution in [0.2, 0.25) is 5.02 Å². The van der Waals surface area contributed by atoms with Crippen molar-refractivity contribution in [3.63, 3.8) is 0 Å². The first-order valence-corrected chi connectivity index (χ1v) is 9.02. The first-order valence-electron chi connectivity index (χ1n) is 8.64. The molecule has 4 rings (SSSR count). The van der Waals surface area contributed by atoms with Crippen molar-refractivity contribution in [1.29, 1.82) is 0 Å². The maximum atomic E-state index is 14.0. The van der Waals surface area contributed by atoms with Crippen LogP contribution in [0, 0.1) is 11.6 Å². The van der Waals surface area contributed by atoms with Gasteiger partial charge < -0.3 is 14.7 Å². The number of anilines is 1. The summed E-state index contributed by atoms with van der Waals surface area (Å²) in [6.45, 7) is 0.504. The topological polar surface area (TPSA) is 71.3 Å². The molecule has 1 N–H and O–H groups in total. The lowest BCUT2D eigenvalue weighted by Gasteiger charge is -2.22. The van der Waals surface area contributed by atoms with E-state index < -0.39 is 17.7 Å². The molecule has 1 fully saturated rings. The molecule has 2 amide bonds. The molecule has 0 spiro atoms. The Kier molecular flexibility index (Phi) is 4.95. The number of nitrogens with one attached hydrogen (secondary N) is 1. The quantitative estimate of drug-likeness (QED) is 0.664. The predicted octanol–water partition coefficient (Wildman–Crippen LogP) is 5.04. The lowest BCUT2D eigenvalue weighted by molar-refractivity contribution is 0.193. The van der Waals surface area contributed by atoms with Crippen molar-refractivity contribution in [2.45, 2.75) is 18.9 Å². The van der Waals surface area contributed by atoms with Gasteiger partial charge in [0.05, 0.1) is 16.3 Å². The third-order valence-corrected chi connectivity index (χ3v) is 4.86. The van der Waals surface area contributed by atoms with Gasteiger partial charge in [-0.25, -0.2) is 13.6 Å². The van der Waals surface area contributed by atoms with E-state index in [0.29, 0.717) is 23.7 Å². The third-order valence-electron chi connectivity index (χ3n) is 4.53. The van der Waals surface area contributed by atoms with E-state index in [2.05, 4.69) is 15.5 Å². The predicted molar refractivity (Wildman–Crippen MR) is 98.8 cm³/mol. The highest BCUT2D eigenvalue weighted by molar-refractivity contribution is 6.33. The molecule has 1 unspecified atom stereocenters. The molecule has 0 radical (unpaired) electrons. The second kappa shape index (κ2) is 7.55. The molecule has 2 aromatic carbocycles. The molecule has 1 saturated heterocycles. The van der Waals surface area contributed by atoms with Gasteiger partial charge in [0.15, 0.2) is 0 Å². The lowest BCUT2D eigenvalue weighted by atomic mass is 10.2. The fourth-order valence-electron chi connectivity index (χ4n) is 3.17. The number of carbonyl (C=O) groups is 1. The van der Waals surface area contributed by atoms with E-state index in [0.717, 1.165) is 18.6 Å². The fourth-order valence-corrected chi connectivity index (χ4v) is 3.35. The van der Waals surface area contributed by atoms with Gasteiger partial charge in [0, 0.05) is 12.6 Å². The average Bonchev–Trinajstić information content (AvgIpc) is 3.32. The lowest BCUT2D eigenvalue weighted by Crippen LogP contribution is -2.34. The number of carbonyl (C=O) groups excluding carboxylic acids is 1. The molecule has 0 aliphatic carbocycles. The molecule has 3 aromatic rings. The fraction of sp³-hybridized carbons (Fsp3) is 0.211. The van der Waals surface area contributed by atoms with E-state index in [1.54, 1.807) is 29.2 Å². The van der Waals surface area contributed by atoms with Crippen LogP contribution in [0.4, 0.5) is 19.3 Å². The Labute approximate surface area is 164 Å². The molecule has 0 saturated carbocycles. The number of aromatic nitrogens is 2. The van der Waals surface area contributed by atoms with Gasteiger partial charge in [0.1, 0.15) is 17.7 Å². The van der Waals surface area contributed by atoms with Crippen LogP contribution in [0.3, 0.4) is 0 Å². The minimum atomic E-state index is -0.785. The second-order valence-corrected chi connectivity index (χ2v) is 6.75. The molecule has 2 heterocycles. The number of nitrogens with zero attached hydrogens (tertiary/aromatic N) is 3.